The highest BCUT2D eigenvalue weighted by molar-refractivity contribution is 7.99. The predicted molar refractivity (Wildman–Crippen MR) is 105 cm³/mol. The smallest absolute Gasteiger partial charge is 0.146 e. The van der Waals surface area contributed by atoms with Gasteiger partial charge in [0.2, 0.25) is 0 Å². The zero-order valence-electron chi connectivity index (χ0n) is 16.2. The number of rotatable bonds is 4. The van der Waals surface area contributed by atoms with Gasteiger partial charge in [0.1, 0.15) is 12.5 Å². The fourth-order valence-electron chi connectivity index (χ4n) is 7.25. The SMILES string of the molecule is CSCC(=O)[C@H]1CC[C@H]2[C@@H]3CC=C4C[C@@](O)(CF)CC[C@@H]4[C@H]3CC[C@]12C. The van der Waals surface area contributed by atoms with Crippen molar-refractivity contribution in [1.29, 1.82) is 0 Å². The van der Waals surface area contributed by atoms with Crippen LogP contribution >= 0.6 is 11.8 Å². The number of Topliss-reactive ketones (excluding diaryl/α,β-unsaturated/α-hetero) is 1. The second-order valence-electron chi connectivity index (χ2n) is 9.70. The van der Waals surface area contributed by atoms with Crippen molar-refractivity contribution in [2.45, 2.75) is 63.9 Å². The molecule has 0 aliphatic heterocycles. The van der Waals surface area contributed by atoms with Crippen molar-refractivity contribution < 1.29 is 14.3 Å². The molecular formula is C22H33FO2S. The van der Waals surface area contributed by atoms with E-state index in [-0.39, 0.29) is 11.3 Å². The number of aliphatic hydroxyl groups is 1. The number of halogens is 1. The molecule has 7 atom stereocenters. The molecule has 4 heteroatoms. The Hall–Kier alpha value is -0.350. The first-order valence-electron chi connectivity index (χ1n) is 10.4. The molecule has 3 fully saturated rings. The lowest BCUT2D eigenvalue weighted by atomic mass is 9.51. The maximum Gasteiger partial charge on any atom is 0.146 e. The molecule has 0 heterocycles. The molecule has 0 aromatic rings. The van der Waals surface area contributed by atoms with E-state index in [9.17, 15) is 14.3 Å². The van der Waals surface area contributed by atoms with Crippen molar-refractivity contribution >= 4 is 17.5 Å². The van der Waals surface area contributed by atoms with Gasteiger partial charge in [-0.15, -0.1) is 0 Å². The summed E-state index contributed by atoms with van der Waals surface area (Å²) >= 11 is 1.66. The third kappa shape index (κ3) is 2.90. The minimum Gasteiger partial charge on any atom is -0.387 e. The molecule has 0 unspecified atom stereocenters. The Bertz CT molecular complexity index is 605. The topological polar surface area (TPSA) is 37.3 Å². The minimum absolute atomic E-state index is 0.188. The normalized spacial score (nSPS) is 47.5. The average molecular weight is 381 g/mol. The summed E-state index contributed by atoms with van der Waals surface area (Å²) in [6.07, 6.45) is 12.2. The largest absolute Gasteiger partial charge is 0.387 e. The molecule has 0 spiro atoms. The van der Waals surface area contributed by atoms with E-state index in [1.165, 1.54) is 24.8 Å². The number of hydrogen-bond acceptors (Lipinski definition) is 3. The highest BCUT2D eigenvalue weighted by atomic mass is 32.2. The molecule has 146 valence electrons. The van der Waals surface area contributed by atoms with Gasteiger partial charge in [0.05, 0.1) is 11.4 Å². The third-order valence-electron chi connectivity index (χ3n) is 8.52. The molecule has 2 nitrogen and oxygen atoms in total. The van der Waals surface area contributed by atoms with Gasteiger partial charge in [0, 0.05) is 5.92 Å². The van der Waals surface area contributed by atoms with Gasteiger partial charge in [0.25, 0.3) is 0 Å². The molecule has 3 saturated carbocycles. The lowest BCUT2D eigenvalue weighted by molar-refractivity contribution is -0.126. The van der Waals surface area contributed by atoms with E-state index < -0.39 is 12.3 Å². The van der Waals surface area contributed by atoms with Gasteiger partial charge in [0.15, 0.2) is 0 Å². The molecular weight excluding hydrogens is 347 g/mol. The molecule has 26 heavy (non-hydrogen) atoms. The molecule has 0 amide bonds. The summed E-state index contributed by atoms with van der Waals surface area (Å²) < 4.78 is 13.3. The van der Waals surface area contributed by atoms with Crippen LogP contribution in [0.1, 0.15) is 58.3 Å². The van der Waals surface area contributed by atoms with Crippen LogP contribution in [0.5, 0.6) is 0 Å². The van der Waals surface area contributed by atoms with E-state index in [1.807, 2.05) is 6.26 Å². The van der Waals surface area contributed by atoms with Crippen molar-refractivity contribution in [2.75, 3.05) is 18.7 Å². The van der Waals surface area contributed by atoms with Crippen LogP contribution in [0.2, 0.25) is 0 Å². The Morgan fingerprint density at radius 3 is 2.81 bits per heavy atom. The van der Waals surface area contributed by atoms with E-state index in [0.29, 0.717) is 48.0 Å². The lowest BCUT2D eigenvalue weighted by Crippen LogP contribution is -2.49. The van der Waals surface area contributed by atoms with Crippen LogP contribution in [-0.2, 0) is 4.79 Å². The number of allylic oxidation sites excluding steroid dienone is 1. The monoisotopic (exact) mass is 380 g/mol. The Morgan fingerprint density at radius 1 is 1.27 bits per heavy atom. The van der Waals surface area contributed by atoms with Crippen molar-refractivity contribution in [3.8, 4) is 0 Å². The summed E-state index contributed by atoms with van der Waals surface area (Å²) in [5, 5.41) is 10.4. The maximum absolute atomic E-state index is 13.3. The van der Waals surface area contributed by atoms with Gasteiger partial charge in [-0.05, 0) is 86.7 Å². The van der Waals surface area contributed by atoms with Gasteiger partial charge in [-0.1, -0.05) is 18.6 Å². The average Bonchev–Trinajstić information content (AvgIpc) is 2.99. The Balaban J connectivity index is 1.55. The highest BCUT2D eigenvalue weighted by Gasteiger charge is 2.57. The number of thioether (sulfide) groups is 1. The summed E-state index contributed by atoms with van der Waals surface area (Å²) in [7, 11) is 0. The third-order valence-corrected chi connectivity index (χ3v) is 9.09. The van der Waals surface area contributed by atoms with E-state index in [4.69, 9.17) is 0 Å². The Labute approximate surface area is 161 Å². The first-order chi connectivity index (χ1) is 12.4. The molecule has 4 rings (SSSR count). The maximum atomic E-state index is 13.3. The van der Waals surface area contributed by atoms with Crippen LogP contribution < -0.4 is 0 Å². The Morgan fingerprint density at radius 2 is 2.08 bits per heavy atom. The molecule has 0 radical (unpaired) electrons. The van der Waals surface area contributed by atoms with Crippen molar-refractivity contribution in [1.82, 2.24) is 0 Å². The quantitative estimate of drug-likeness (QED) is 0.711. The first kappa shape index (κ1) is 19.0. The number of alkyl halides is 1. The van der Waals surface area contributed by atoms with Gasteiger partial charge in [-0.25, -0.2) is 4.39 Å². The fraction of sp³-hybridized carbons (Fsp3) is 0.864. The fourth-order valence-corrected chi connectivity index (χ4v) is 7.74. The van der Waals surface area contributed by atoms with E-state index >= 15 is 0 Å². The van der Waals surface area contributed by atoms with Crippen LogP contribution in [0.15, 0.2) is 11.6 Å². The minimum atomic E-state index is -1.11. The number of carbonyl (C=O) groups is 1. The van der Waals surface area contributed by atoms with Gasteiger partial charge < -0.3 is 5.11 Å². The van der Waals surface area contributed by atoms with E-state index in [1.54, 1.807) is 11.8 Å². The van der Waals surface area contributed by atoms with Crippen LogP contribution in [0.25, 0.3) is 0 Å². The molecule has 4 aliphatic carbocycles. The molecule has 4 aliphatic rings. The molecule has 1 N–H and O–H groups in total. The molecule has 0 aromatic heterocycles. The number of fused-ring (bicyclic) bond motifs is 5. The summed E-state index contributed by atoms with van der Waals surface area (Å²) in [5.41, 5.74) is 0.406. The van der Waals surface area contributed by atoms with Crippen LogP contribution in [0, 0.1) is 35.0 Å². The van der Waals surface area contributed by atoms with Crippen molar-refractivity contribution in [3.05, 3.63) is 11.6 Å². The van der Waals surface area contributed by atoms with E-state index in [0.717, 1.165) is 19.3 Å². The number of carbonyl (C=O) groups excluding carboxylic acids is 1. The standard InChI is InChI=1S/C22H33FO2S/c1-21-9-7-16-15-8-10-22(25,13-23)11-14(15)3-4-17(16)18(21)5-6-19(21)20(24)12-26-2/h3,15-19,25H,4-13H2,1-2H3/t15-,16+,17+,18-,19+,21-,22+/m0/s1. The summed E-state index contributed by atoms with van der Waals surface area (Å²) in [5.74, 6) is 3.98. The predicted octanol–water partition coefficient (Wildman–Crippen LogP) is 4.81. The number of hydrogen-bond donors (Lipinski definition) is 1. The van der Waals surface area contributed by atoms with Gasteiger partial charge in [-0.3, -0.25) is 4.79 Å². The van der Waals surface area contributed by atoms with Gasteiger partial charge >= 0.3 is 0 Å². The zero-order chi connectivity index (χ0) is 18.5. The first-order valence-corrected chi connectivity index (χ1v) is 11.8. The Kier molecular flexibility index (Phi) is 5.05. The van der Waals surface area contributed by atoms with Crippen LogP contribution in [0.3, 0.4) is 0 Å². The second kappa shape index (κ2) is 6.92. The lowest BCUT2D eigenvalue weighted by Gasteiger charge is -2.54. The van der Waals surface area contributed by atoms with Crippen molar-refractivity contribution in [2.24, 2.45) is 35.0 Å². The summed E-state index contributed by atoms with van der Waals surface area (Å²) in [6.45, 7) is 1.77. The molecule has 0 bridgehead atoms. The second-order valence-corrected chi connectivity index (χ2v) is 10.6. The van der Waals surface area contributed by atoms with Crippen LogP contribution in [0.4, 0.5) is 4.39 Å². The van der Waals surface area contributed by atoms with Crippen molar-refractivity contribution in [3.63, 3.8) is 0 Å². The summed E-state index contributed by atoms with van der Waals surface area (Å²) in [4.78, 5) is 12.7. The number of ketones is 1. The molecule has 0 saturated heterocycles. The van der Waals surface area contributed by atoms with Gasteiger partial charge in [-0.2, -0.15) is 11.8 Å². The van der Waals surface area contributed by atoms with E-state index in [2.05, 4.69) is 13.0 Å². The molecule has 0 aromatic carbocycles. The zero-order valence-corrected chi connectivity index (χ0v) is 17.0. The summed E-state index contributed by atoms with van der Waals surface area (Å²) in [6, 6.07) is 0. The van der Waals surface area contributed by atoms with Crippen LogP contribution in [-0.4, -0.2) is 35.2 Å². The highest BCUT2D eigenvalue weighted by Crippen LogP contribution is 2.63.